The molecule has 0 aromatic heterocycles. The summed E-state index contributed by atoms with van der Waals surface area (Å²) in [7, 11) is 0. The Kier molecular flexibility index (Phi) is 6.29. The van der Waals surface area contributed by atoms with Gasteiger partial charge in [0.2, 0.25) is 0 Å². The van der Waals surface area contributed by atoms with Gasteiger partial charge in [0.15, 0.2) is 5.78 Å². The van der Waals surface area contributed by atoms with Crippen LogP contribution in [0.3, 0.4) is 0 Å². The van der Waals surface area contributed by atoms with Gasteiger partial charge in [-0.05, 0) is 18.9 Å². The van der Waals surface area contributed by atoms with Crippen LogP contribution in [-0.4, -0.2) is 24.8 Å². The fourth-order valence-corrected chi connectivity index (χ4v) is 1.63. The Morgan fingerprint density at radius 1 is 1.11 bits per heavy atom. The zero-order valence-electron chi connectivity index (χ0n) is 11.1. The molecule has 0 atom stereocenters. The summed E-state index contributed by atoms with van der Waals surface area (Å²) in [5.41, 5.74) is 1.80. The fraction of sp³-hybridized carbons (Fsp3) is 0.467. The predicted octanol–water partition coefficient (Wildman–Crippen LogP) is 2.82. The van der Waals surface area contributed by atoms with Gasteiger partial charge in [0.25, 0.3) is 0 Å². The van der Waals surface area contributed by atoms with Crippen molar-refractivity contribution < 1.29 is 14.3 Å². The number of aryl methyl sites for hydroxylation is 1. The SMILES string of the molecule is CCOCCC(=O)CC(=O)c1ccc(CC)cc1. The van der Waals surface area contributed by atoms with E-state index in [1.54, 1.807) is 12.1 Å². The van der Waals surface area contributed by atoms with Crippen LogP contribution < -0.4 is 0 Å². The average molecular weight is 248 g/mol. The molecule has 0 aliphatic heterocycles. The molecule has 0 aliphatic carbocycles. The van der Waals surface area contributed by atoms with Crippen LogP contribution in [-0.2, 0) is 16.0 Å². The Labute approximate surface area is 108 Å². The van der Waals surface area contributed by atoms with Gasteiger partial charge in [-0.25, -0.2) is 0 Å². The normalized spacial score (nSPS) is 10.3. The Morgan fingerprint density at radius 2 is 1.78 bits per heavy atom. The Hall–Kier alpha value is -1.48. The molecule has 0 radical (unpaired) electrons. The second-order valence-electron chi connectivity index (χ2n) is 4.14. The first kappa shape index (κ1) is 14.6. The summed E-state index contributed by atoms with van der Waals surface area (Å²) < 4.78 is 5.09. The van der Waals surface area contributed by atoms with Crippen molar-refractivity contribution in [3.63, 3.8) is 0 Å². The zero-order valence-corrected chi connectivity index (χ0v) is 11.1. The lowest BCUT2D eigenvalue weighted by Crippen LogP contribution is -2.10. The largest absolute Gasteiger partial charge is 0.381 e. The molecule has 0 N–H and O–H groups in total. The Bertz CT molecular complexity index is 393. The maximum atomic E-state index is 11.8. The smallest absolute Gasteiger partial charge is 0.170 e. The molecular weight excluding hydrogens is 228 g/mol. The summed E-state index contributed by atoms with van der Waals surface area (Å²) in [6.45, 7) is 4.94. The van der Waals surface area contributed by atoms with Gasteiger partial charge in [-0.2, -0.15) is 0 Å². The van der Waals surface area contributed by atoms with Crippen LogP contribution in [0.4, 0.5) is 0 Å². The van der Waals surface area contributed by atoms with Crippen LogP contribution in [0, 0.1) is 0 Å². The van der Waals surface area contributed by atoms with E-state index in [0.29, 0.717) is 25.2 Å². The second kappa shape index (κ2) is 7.77. The molecule has 0 unspecified atom stereocenters. The second-order valence-corrected chi connectivity index (χ2v) is 4.14. The molecule has 0 fully saturated rings. The van der Waals surface area contributed by atoms with Gasteiger partial charge in [0, 0.05) is 18.6 Å². The summed E-state index contributed by atoms with van der Waals surface area (Å²) in [5, 5.41) is 0. The highest BCUT2D eigenvalue weighted by Gasteiger charge is 2.11. The van der Waals surface area contributed by atoms with E-state index in [2.05, 4.69) is 6.92 Å². The molecule has 1 aromatic rings. The lowest BCUT2D eigenvalue weighted by Gasteiger charge is -2.03. The van der Waals surface area contributed by atoms with Gasteiger partial charge in [0.05, 0.1) is 13.0 Å². The molecule has 18 heavy (non-hydrogen) atoms. The molecule has 0 amide bonds. The summed E-state index contributed by atoms with van der Waals surface area (Å²) in [4.78, 5) is 23.3. The molecule has 0 heterocycles. The highest BCUT2D eigenvalue weighted by atomic mass is 16.5. The number of hydrogen-bond donors (Lipinski definition) is 0. The fourth-order valence-electron chi connectivity index (χ4n) is 1.63. The highest BCUT2D eigenvalue weighted by molar-refractivity contribution is 6.07. The van der Waals surface area contributed by atoms with Crippen molar-refractivity contribution in [2.45, 2.75) is 33.1 Å². The van der Waals surface area contributed by atoms with Gasteiger partial charge in [-0.15, -0.1) is 0 Å². The van der Waals surface area contributed by atoms with Crippen molar-refractivity contribution in [1.29, 1.82) is 0 Å². The molecule has 1 aromatic carbocycles. The lowest BCUT2D eigenvalue weighted by atomic mass is 10.0. The summed E-state index contributed by atoms with van der Waals surface area (Å²) in [6, 6.07) is 7.43. The molecule has 0 saturated heterocycles. The topological polar surface area (TPSA) is 43.4 Å². The van der Waals surface area contributed by atoms with Gasteiger partial charge in [-0.3, -0.25) is 9.59 Å². The number of carbonyl (C=O) groups excluding carboxylic acids is 2. The van der Waals surface area contributed by atoms with Crippen molar-refractivity contribution in [2.24, 2.45) is 0 Å². The maximum Gasteiger partial charge on any atom is 0.170 e. The number of carbonyl (C=O) groups is 2. The van der Waals surface area contributed by atoms with E-state index in [1.807, 2.05) is 19.1 Å². The molecule has 1 rings (SSSR count). The van der Waals surface area contributed by atoms with Crippen LogP contribution >= 0.6 is 0 Å². The Morgan fingerprint density at radius 3 is 2.33 bits per heavy atom. The minimum Gasteiger partial charge on any atom is -0.381 e. The number of ether oxygens (including phenoxy) is 1. The summed E-state index contributed by atoms with van der Waals surface area (Å²) in [5.74, 6) is -0.174. The lowest BCUT2D eigenvalue weighted by molar-refractivity contribution is -0.119. The van der Waals surface area contributed by atoms with Crippen molar-refractivity contribution in [1.82, 2.24) is 0 Å². The van der Waals surface area contributed by atoms with Gasteiger partial charge < -0.3 is 4.74 Å². The molecule has 3 heteroatoms. The number of benzene rings is 1. The van der Waals surface area contributed by atoms with Crippen LogP contribution in [0.5, 0.6) is 0 Å². The molecule has 0 aliphatic rings. The number of hydrogen-bond acceptors (Lipinski definition) is 3. The van der Waals surface area contributed by atoms with Crippen LogP contribution in [0.1, 0.15) is 42.6 Å². The van der Waals surface area contributed by atoms with Crippen molar-refractivity contribution >= 4 is 11.6 Å². The van der Waals surface area contributed by atoms with E-state index in [0.717, 1.165) is 6.42 Å². The average Bonchev–Trinajstić information content (AvgIpc) is 2.39. The first-order chi connectivity index (χ1) is 8.67. The van der Waals surface area contributed by atoms with E-state index in [-0.39, 0.29) is 18.0 Å². The Balaban J connectivity index is 2.46. The van der Waals surface area contributed by atoms with Gasteiger partial charge in [0.1, 0.15) is 5.78 Å². The van der Waals surface area contributed by atoms with Crippen molar-refractivity contribution in [3.8, 4) is 0 Å². The zero-order chi connectivity index (χ0) is 13.4. The summed E-state index contributed by atoms with van der Waals surface area (Å²) >= 11 is 0. The first-order valence-electron chi connectivity index (χ1n) is 6.39. The van der Waals surface area contributed by atoms with Crippen molar-refractivity contribution in [2.75, 3.05) is 13.2 Å². The summed E-state index contributed by atoms with van der Waals surface area (Å²) in [6.07, 6.45) is 1.23. The quantitative estimate of drug-likeness (QED) is 0.403. The molecule has 3 nitrogen and oxygen atoms in total. The van der Waals surface area contributed by atoms with Crippen molar-refractivity contribution in [3.05, 3.63) is 35.4 Å². The number of ketones is 2. The number of Topliss-reactive ketones (excluding diaryl/α,β-unsaturated/α-hetero) is 2. The third-order valence-corrected chi connectivity index (χ3v) is 2.77. The van der Waals surface area contributed by atoms with Gasteiger partial charge in [-0.1, -0.05) is 31.2 Å². The molecule has 0 bridgehead atoms. The van der Waals surface area contributed by atoms with Crippen LogP contribution in [0.25, 0.3) is 0 Å². The minimum atomic E-state index is -0.112. The third kappa shape index (κ3) is 4.80. The monoisotopic (exact) mass is 248 g/mol. The van der Waals surface area contributed by atoms with E-state index in [9.17, 15) is 9.59 Å². The predicted molar refractivity (Wildman–Crippen MR) is 70.9 cm³/mol. The maximum absolute atomic E-state index is 11.8. The molecule has 0 spiro atoms. The standard InChI is InChI=1S/C15H20O3/c1-3-12-5-7-13(8-6-12)15(17)11-14(16)9-10-18-4-2/h5-8H,3-4,9-11H2,1-2H3. The number of rotatable bonds is 8. The molecular formula is C15H20O3. The van der Waals surface area contributed by atoms with Crippen LogP contribution in [0.2, 0.25) is 0 Å². The van der Waals surface area contributed by atoms with E-state index >= 15 is 0 Å². The van der Waals surface area contributed by atoms with E-state index in [1.165, 1.54) is 5.56 Å². The van der Waals surface area contributed by atoms with Crippen LogP contribution in [0.15, 0.2) is 24.3 Å². The minimum absolute atomic E-state index is 0.0292. The molecule has 98 valence electrons. The molecule has 0 saturated carbocycles. The first-order valence-corrected chi connectivity index (χ1v) is 6.39. The van der Waals surface area contributed by atoms with Gasteiger partial charge >= 0.3 is 0 Å². The van der Waals surface area contributed by atoms with E-state index in [4.69, 9.17) is 4.74 Å². The van der Waals surface area contributed by atoms with E-state index < -0.39 is 0 Å². The third-order valence-electron chi connectivity index (χ3n) is 2.77. The highest BCUT2D eigenvalue weighted by Crippen LogP contribution is 2.08.